The van der Waals surface area contributed by atoms with E-state index in [0.717, 1.165) is 5.30 Å². The van der Waals surface area contributed by atoms with Crippen LogP contribution in [0.5, 0.6) is 0 Å². The maximum Gasteiger partial charge on any atom is 0.120 e. The van der Waals surface area contributed by atoms with Crippen molar-refractivity contribution in [2.75, 3.05) is 0 Å². The van der Waals surface area contributed by atoms with Gasteiger partial charge in [-0.1, -0.05) is 76.2 Å². The maximum atomic E-state index is 13.5. The first-order valence-corrected chi connectivity index (χ1v) is 9.80. The second kappa shape index (κ2) is 5.56. The highest BCUT2D eigenvalue weighted by Gasteiger charge is 2.32. The third kappa shape index (κ3) is 2.29. The second-order valence-electron chi connectivity index (χ2n) is 6.59. The summed E-state index contributed by atoms with van der Waals surface area (Å²) in [6, 6.07) is 19.1. The summed E-state index contributed by atoms with van der Waals surface area (Å²) < 4.78 is 13.5. The van der Waals surface area contributed by atoms with Gasteiger partial charge in [0.2, 0.25) is 0 Å². The van der Waals surface area contributed by atoms with Crippen LogP contribution >= 0.6 is 7.14 Å². The fraction of sp³-hybridized carbons (Fsp3) is 0.300. The first kappa shape index (κ1) is 15.3. The first-order chi connectivity index (χ1) is 10.4. The molecule has 0 aliphatic heterocycles. The zero-order chi connectivity index (χ0) is 15.9. The van der Waals surface area contributed by atoms with Crippen LogP contribution in [0.3, 0.4) is 0 Å². The van der Waals surface area contributed by atoms with E-state index < -0.39 is 7.14 Å². The standard InChI is InChI=1S/C20H23OP/c1-14(2)22(21,15(3)4)18-11-12-20-17(13-18)10-9-16-7-5-6-8-19(16)20/h5-15H,1-4H3. The Hall–Kier alpha value is -1.59. The van der Waals surface area contributed by atoms with Crippen molar-refractivity contribution >= 4 is 34.0 Å². The van der Waals surface area contributed by atoms with Gasteiger partial charge in [-0.3, -0.25) is 0 Å². The zero-order valence-electron chi connectivity index (χ0n) is 13.7. The third-order valence-electron chi connectivity index (χ3n) is 4.67. The Kier molecular flexibility index (Phi) is 3.87. The van der Waals surface area contributed by atoms with E-state index in [1.165, 1.54) is 21.5 Å². The van der Waals surface area contributed by atoms with Gasteiger partial charge in [-0.05, 0) is 27.6 Å². The second-order valence-corrected chi connectivity index (χ2v) is 10.6. The Balaban J connectivity index is 2.27. The molecule has 0 unspecified atom stereocenters. The van der Waals surface area contributed by atoms with Crippen molar-refractivity contribution in [3.05, 3.63) is 54.6 Å². The highest BCUT2D eigenvalue weighted by Crippen LogP contribution is 2.54. The molecule has 0 spiro atoms. The monoisotopic (exact) mass is 310 g/mol. The van der Waals surface area contributed by atoms with E-state index in [1.54, 1.807) is 0 Å². The molecule has 0 atom stereocenters. The normalized spacial score (nSPS) is 12.6. The summed E-state index contributed by atoms with van der Waals surface area (Å²) in [7, 11) is -2.38. The molecule has 1 nitrogen and oxygen atoms in total. The highest BCUT2D eigenvalue weighted by atomic mass is 31.2. The Labute approximate surface area is 132 Å². The Morgan fingerprint density at radius 2 is 1.32 bits per heavy atom. The Morgan fingerprint density at radius 1 is 0.727 bits per heavy atom. The van der Waals surface area contributed by atoms with E-state index in [1.807, 2.05) is 0 Å². The molecule has 0 amide bonds. The van der Waals surface area contributed by atoms with Gasteiger partial charge in [0.25, 0.3) is 0 Å². The molecule has 0 bridgehead atoms. The quantitative estimate of drug-likeness (QED) is 0.441. The van der Waals surface area contributed by atoms with Crippen molar-refractivity contribution in [2.24, 2.45) is 0 Å². The van der Waals surface area contributed by atoms with Gasteiger partial charge in [-0.15, -0.1) is 0 Å². The molecule has 0 radical (unpaired) electrons. The summed E-state index contributed by atoms with van der Waals surface area (Å²) in [6.07, 6.45) is 0. The summed E-state index contributed by atoms with van der Waals surface area (Å²) in [5.74, 6) is 0. The molecule has 0 aliphatic carbocycles. The molecule has 0 N–H and O–H groups in total. The number of hydrogen-bond acceptors (Lipinski definition) is 1. The van der Waals surface area contributed by atoms with Crippen molar-refractivity contribution in [3.63, 3.8) is 0 Å². The molecule has 3 aromatic carbocycles. The minimum absolute atomic E-state index is 0.172. The summed E-state index contributed by atoms with van der Waals surface area (Å²) in [5.41, 5.74) is 0.343. The number of rotatable bonds is 3. The Morgan fingerprint density at radius 3 is 2.00 bits per heavy atom. The van der Waals surface area contributed by atoms with Crippen LogP contribution in [0.1, 0.15) is 27.7 Å². The van der Waals surface area contributed by atoms with Crippen LogP contribution in [-0.4, -0.2) is 11.3 Å². The molecular weight excluding hydrogens is 287 g/mol. The summed E-state index contributed by atoms with van der Waals surface area (Å²) in [4.78, 5) is 0. The first-order valence-electron chi connectivity index (χ1n) is 7.96. The minimum Gasteiger partial charge on any atom is -0.318 e. The molecule has 3 rings (SSSR count). The largest absolute Gasteiger partial charge is 0.318 e. The molecular formula is C20H23OP. The molecule has 0 aromatic heterocycles. The zero-order valence-corrected chi connectivity index (χ0v) is 14.6. The SMILES string of the molecule is CC(C)P(=O)(c1ccc2c(ccc3ccccc32)c1)C(C)C. The topological polar surface area (TPSA) is 17.1 Å². The van der Waals surface area contributed by atoms with E-state index in [2.05, 4.69) is 82.3 Å². The lowest BCUT2D eigenvalue weighted by Crippen LogP contribution is -2.19. The lowest BCUT2D eigenvalue weighted by atomic mass is 10.0. The molecule has 114 valence electrons. The molecule has 3 aromatic rings. The van der Waals surface area contributed by atoms with Crippen molar-refractivity contribution in [2.45, 2.75) is 39.0 Å². The van der Waals surface area contributed by atoms with Gasteiger partial charge in [0.1, 0.15) is 7.14 Å². The van der Waals surface area contributed by atoms with Crippen LogP contribution in [0, 0.1) is 0 Å². The van der Waals surface area contributed by atoms with Crippen LogP contribution in [0.2, 0.25) is 0 Å². The van der Waals surface area contributed by atoms with Gasteiger partial charge in [-0.25, -0.2) is 0 Å². The number of benzene rings is 3. The van der Waals surface area contributed by atoms with E-state index in [9.17, 15) is 4.57 Å². The molecule has 0 fully saturated rings. The molecule has 22 heavy (non-hydrogen) atoms. The fourth-order valence-corrected chi connectivity index (χ4v) is 6.44. The predicted molar refractivity (Wildman–Crippen MR) is 99.0 cm³/mol. The summed E-state index contributed by atoms with van der Waals surface area (Å²) in [5, 5.41) is 5.94. The van der Waals surface area contributed by atoms with Gasteiger partial charge >= 0.3 is 0 Å². The van der Waals surface area contributed by atoms with Crippen molar-refractivity contribution in [1.29, 1.82) is 0 Å². The number of hydrogen-bond donors (Lipinski definition) is 0. The summed E-state index contributed by atoms with van der Waals surface area (Å²) >= 11 is 0. The maximum absolute atomic E-state index is 13.5. The molecule has 0 saturated carbocycles. The van der Waals surface area contributed by atoms with Gasteiger partial charge in [0, 0.05) is 16.6 Å². The van der Waals surface area contributed by atoms with Crippen molar-refractivity contribution < 1.29 is 4.57 Å². The average Bonchev–Trinajstić information content (AvgIpc) is 2.52. The van der Waals surface area contributed by atoms with E-state index in [4.69, 9.17) is 0 Å². The Bertz CT molecular complexity index is 865. The smallest absolute Gasteiger partial charge is 0.120 e. The van der Waals surface area contributed by atoms with E-state index >= 15 is 0 Å². The minimum atomic E-state index is -2.38. The van der Waals surface area contributed by atoms with Crippen molar-refractivity contribution in [1.82, 2.24) is 0 Å². The van der Waals surface area contributed by atoms with Crippen LogP contribution in [0.25, 0.3) is 21.5 Å². The van der Waals surface area contributed by atoms with Crippen LogP contribution in [0.15, 0.2) is 54.6 Å². The fourth-order valence-electron chi connectivity index (χ4n) is 3.41. The molecule has 0 aliphatic rings. The van der Waals surface area contributed by atoms with Crippen LogP contribution in [0.4, 0.5) is 0 Å². The third-order valence-corrected chi connectivity index (χ3v) is 8.82. The average molecular weight is 310 g/mol. The van der Waals surface area contributed by atoms with E-state index in [0.29, 0.717) is 0 Å². The number of fused-ring (bicyclic) bond motifs is 3. The van der Waals surface area contributed by atoms with Crippen LogP contribution < -0.4 is 5.30 Å². The lowest BCUT2D eigenvalue weighted by Gasteiger charge is -2.26. The van der Waals surface area contributed by atoms with Gasteiger partial charge < -0.3 is 4.57 Å². The van der Waals surface area contributed by atoms with Gasteiger partial charge in [-0.2, -0.15) is 0 Å². The highest BCUT2D eigenvalue weighted by molar-refractivity contribution is 7.72. The van der Waals surface area contributed by atoms with Crippen LogP contribution in [-0.2, 0) is 4.57 Å². The van der Waals surface area contributed by atoms with E-state index in [-0.39, 0.29) is 11.3 Å². The predicted octanol–water partition coefficient (Wildman–Crippen LogP) is 5.80. The van der Waals surface area contributed by atoms with Gasteiger partial charge in [0.15, 0.2) is 0 Å². The molecule has 0 heterocycles. The molecule has 2 heteroatoms. The van der Waals surface area contributed by atoms with Crippen molar-refractivity contribution in [3.8, 4) is 0 Å². The lowest BCUT2D eigenvalue weighted by molar-refractivity contribution is 0.569. The summed E-state index contributed by atoms with van der Waals surface area (Å²) in [6.45, 7) is 8.30. The molecule has 0 saturated heterocycles. The van der Waals surface area contributed by atoms with Gasteiger partial charge in [0.05, 0.1) is 0 Å².